The minimum Gasteiger partial charge on any atom is -0.378 e. The number of ether oxygens (including phenoxy) is 1. The number of thiophene rings is 1. The molecule has 1 saturated carbocycles. The van der Waals surface area contributed by atoms with Crippen LogP contribution in [0.2, 0.25) is 0 Å². The van der Waals surface area contributed by atoms with Crippen molar-refractivity contribution in [1.82, 2.24) is 0 Å². The van der Waals surface area contributed by atoms with Gasteiger partial charge >= 0.3 is 0 Å². The Morgan fingerprint density at radius 2 is 2.19 bits per heavy atom. The lowest BCUT2D eigenvalue weighted by molar-refractivity contribution is -0.0779. The Hall–Kier alpha value is -0.0500. The predicted octanol–water partition coefficient (Wildman–Crippen LogP) is 4.60. The van der Waals surface area contributed by atoms with Gasteiger partial charge in [0.05, 0.1) is 11.0 Å². The Kier molecular flexibility index (Phi) is 3.62. The van der Waals surface area contributed by atoms with Crippen LogP contribution in [0.3, 0.4) is 0 Å². The lowest BCUT2D eigenvalue weighted by atomic mass is 9.76. The number of aryl methyl sites for hydroxylation is 2. The molecule has 1 atom stereocenters. The Morgan fingerprint density at radius 3 is 2.56 bits per heavy atom. The number of rotatable bonds is 4. The zero-order valence-electron chi connectivity index (χ0n) is 10.2. The highest BCUT2D eigenvalue weighted by molar-refractivity contribution is 7.12. The minimum absolute atomic E-state index is 0.0662. The molecule has 1 aliphatic carbocycles. The smallest absolute Gasteiger partial charge is 0.0708 e. The second kappa shape index (κ2) is 4.67. The van der Waals surface area contributed by atoms with Crippen LogP contribution in [0.5, 0.6) is 0 Å². The number of methoxy groups -OCH3 is 1. The first-order valence-corrected chi connectivity index (χ1v) is 7.08. The molecule has 16 heavy (non-hydrogen) atoms. The maximum absolute atomic E-state index is 6.53. The largest absolute Gasteiger partial charge is 0.378 e. The van der Waals surface area contributed by atoms with Crippen LogP contribution in [0.1, 0.15) is 46.4 Å². The minimum atomic E-state index is 0.0662. The first-order chi connectivity index (χ1) is 7.56. The lowest BCUT2D eigenvalue weighted by Gasteiger charge is -2.41. The molecule has 0 aliphatic heterocycles. The van der Waals surface area contributed by atoms with Gasteiger partial charge in [-0.3, -0.25) is 0 Å². The predicted molar refractivity (Wildman–Crippen MR) is 70.6 cm³/mol. The van der Waals surface area contributed by atoms with Gasteiger partial charge in [0.2, 0.25) is 0 Å². The summed E-state index contributed by atoms with van der Waals surface area (Å²) < 4.78 is 5.63. The van der Waals surface area contributed by atoms with E-state index >= 15 is 0 Å². The molecular formula is C13H19ClOS. The van der Waals surface area contributed by atoms with Crippen LogP contribution in [0.4, 0.5) is 0 Å². The van der Waals surface area contributed by atoms with E-state index in [1.807, 2.05) is 18.4 Å². The third kappa shape index (κ3) is 2.29. The fourth-order valence-corrected chi connectivity index (χ4v) is 4.05. The first-order valence-electron chi connectivity index (χ1n) is 5.82. The van der Waals surface area contributed by atoms with Crippen LogP contribution < -0.4 is 0 Å². The molecule has 2 rings (SSSR count). The molecule has 1 aromatic rings. The second-order valence-electron chi connectivity index (χ2n) is 4.82. The van der Waals surface area contributed by atoms with Gasteiger partial charge in [-0.05, 0) is 51.2 Å². The van der Waals surface area contributed by atoms with Crippen molar-refractivity contribution in [2.24, 2.45) is 0 Å². The third-order valence-corrected chi connectivity index (χ3v) is 5.38. The van der Waals surface area contributed by atoms with Crippen molar-refractivity contribution >= 4 is 22.9 Å². The van der Waals surface area contributed by atoms with Gasteiger partial charge in [-0.25, -0.2) is 0 Å². The van der Waals surface area contributed by atoms with Crippen LogP contribution in [-0.4, -0.2) is 12.7 Å². The molecule has 0 amide bonds. The van der Waals surface area contributed by atoms with Crippen molar-refractivity contribution in [2.45, 2.75) is 50.5 Å². The number of hydrogen-bond acceptors (Lipinski definition) is 2. The summed E-state index contributed by atoms with van der Waals surface area (Å²) in [4.78, 5) is 2.67. The second-order valence-corrected chi connectivity index (χ2v) is 6.63. The molecule has 1 fully saturated rings. The molecule has 1 aromatic heterocycles. The molecule has 0 spiro atoms. The average Bonchev–Trinajstić information content (AvgIpc) is 2.51. The fraction of sp³-hybridized carbons (Fsp3) is 0.692. The van der Waals surface area contributed by atoms with Gasteiger partial charge in [-0.2, -0.15) is 0 Å². The summed E-state index contributed by atoms with van der Waals surface area (Å²) >= 11 is 8.35. The number of alkyl halides is 1. The van der Waals surface area contributed by atoms with Gasteiger partial charge in [0, 0.05) is 16.9 Å². The highest BCUT2D eigenvalue weighted by atomic mass is 35.5. The first kappa shape index (κ1) is 12.4. The summed E-state index contributed by atoms with van der Waals surface area (Å²) in [6.07, 6.45) is 4.55. The van der Waals surface area contributed by atoms with Gasteiger partial charge in [0.1, 0.15) is 0 Å². The Morgan fingerprint density at radius 1 is 1.50 bits per heavy atom. The van der Waals surface area contributed by atoms with Gasteiger partial charge < -0.3 is 4.74 Å². The molecule has 0 aromatic carbocycles. The van der Waals surface area contributed by atoms with Gasteiger partial charge in [0.25, 0.3) is 0 Å². The topological polar surface area (TPSA) is 9.23 Å². The van der Waals surface area contributed by atoms with Crippen molar-refractivity contribution in [3.05, 3.63) is 21.4 Å². The molecule has 3 heteroatoms. The molecule has 0 radical (unpaired) electrons. The highest BCUT2D eigenvalue weighted by Crippen LogP contribution is 2.45. The van der Waals surface area contributed by atoms with Crippen LogP contribution in [0.25, 0.3) is 0 Å². The zero-order valence-corrected chi connectivity index (χ0v) is 11.8. The highest BCUT2D eigenvalue weighted by Gasteiger charge is 2.39. The molecule has 0 saturated heterocycles. The molecule has 1 aliphatic rings. The molecule has 1 unspecified atom stereocenters. The van der Waals surface area contributed by atoms with E-state index in [0.29, 0.717) is 0 Å². The molecule has 90 valence electrons. The van der Waals surface area contributed by atoms with Crippen molar-refractivity contribution in [3.63, 3.8) is 0 Å². The molecule has 0 N–H and O–H groups in total. The van der Waals surface area contributed by atoms with Crippen LogP contribution in [-0.2, 0) is 4.74 Å². The molecular weight excluding hydrogens is 240 g/mol. The van der Waals surface area contributed by atoms with Crippen molar-refractivity contribution in [2.75, 3.05) is 7.11 Å². The third-order valence-electron chi connectivity index (χ3n) is 3.61. The van der Waals surface area contributed by atoms with Crippen molar-refractivity contribution < 1.29 is 4.74 Å². The Balaban J connectivity index is 2.07. The Labute approximate surface area is 107 Å². The molecule has 1 heterocycles. The average molecular weight is 259 g/mol. The maximum atomic E-state index is 6.53. The zero-order chi connectivity index (χ0) is 11.8. The summed E-state index contributed by atoms with van der Waals surface area (Å²) in [6.45, 7) is 4.29. The van der Waals surface area contributed by atoms with Crippen molar-refractivity contribution in [1.29, 1.82) is 0 Å². The monoisotopic (exact) mass is 258 g/mol. The van der Waals surface area contributed by atoms with E-state index in [4.69, 9.17) is 16.3 Å². The summed E-state index contributed by atoms with van der Waals surface area (Å²) in [7, 11) is 1.81. The van der Waals surface area contributed by atoms with E-state index in [1.165, 1.54) is 21.7 Å². The van der Waals surface area contributed by atoms with E-state index in [0.717, 1.165) is 19.3 Å². The number of hydrogen-bond donors (Lipinski definition) is 0. The normalized spacial score (nSPS) is 20.5. The number of halogens is 1. The van der Waals surface area contributed by atoms with E-state index in [2.05, 4.69) is 19.9 Å². The van der Waals surface area contributed by atoms with Crippen molar-refractivity contribution in [3.8, 4) is 0 Å². The fourth-order valence-electron chi connectivity index (χ4n) is 2.45. The van der Waals surface area contributed by atoms with Crippen LogP contribution >= 0.6 is 22.9 Å². The maximum Gasteiger partial charge on any atom is 0.0708 e. The summed E-state index contributed by atoms with van der Waals surface area (Å²) in [5.74, 6) is 0. The van der Waals surface area contributed by atoms with Gasteiger partial charge in [0.15, 0.2) is 0 Å². The van der Waals surface area contributed by atoms with Gasteiger partial charge in [-0.15, -0.1) is 22.9 Å². The van der Waals surface area contributed by atoms with E-state index in [-0.39, 0.29) is 11.0 Å². The van der Waals surface area contributed by atoms with Crippen LogP contribution in [0, 0.1) is 13.8 Å². The van der Waals surface area contributed by atoms with E-state index < -0.39 is 0 Å². The van der Waals surface area contributed by atoms with Crippen LogP contribution in [0.15, 0.2) is 6.07 Å². The van der Waals surface area contributed by atoms with Gasteiger partial charge in [-0.1, -0.05) is 0 Å². The lowest BCUT2D eigenvalue weighted by Crippen LogP contribution is -2.39. The molecule has 0 bridgehead atoms. The standard InChI is InChI=1S/C13H19ClOS/c1-9-7-10(2)16-12(9)11(14)8-13(15-3)5-4-6-13/h7,11H,4-6,8H2,1-3H3. The molecule has 1 nitrogen and oxygen atoms in total. The summed E-state index contributed by atoms with van der Waals surface area (Å²) in [6, 6.07) is 2.22. The Bertz CT molecular complexity index is 362. The van der Waals surface area contributed by atoms with E-state index in [9.17, 15) is 0 Å². The van der Waals surface area contributed by atoms with E-state index in [1.54, 1.807) is 0 Å². The summed E-state index contributed by atoms with van der Waals surface area (Å²) in [5.41, 5.74) is 1.39. The SMILES string of the molecule is COC1(CC(Cl)c2sc(C)cc2C)CCC1. The summed E-state index contributed by atoms with van der Waals surface area (Å²) in [5, 5.41) is 0.110. The quantitative estimate of drug-likeness (QED) is 0.717.